The summed E-state index contributed by atoms with van der Waals surface area (Å²) in [5, 5.41) is 0. The van der Waals surface area contributed by atoms with Crippen molar-refractivity contribution >= 4 is 0 Å². The number of epoxide rings is 1. The van der Waals surface area contributed by atoms with Gasteiger partial charge in [0.2, 0.25) is 0 Å². The lowest BCUT2D eigenvalue weighted by molar-refractivity contribution is 0.138. The fourth-order valence-corrected chi connectivity index (χ4v) is 2.19. The number of hydrogen-bond acceptors (Lipinski definition) is 1. The van der Waals surface area contributed by atoms with Crippen LogP contribution in [0.4, 0.5) is 0 Å². The van der Waals surface area contributed by atoms with Crippen LogP contribution in [-0.4, -0.2) is 12.2 Å². The molecule has 0 aromatic rings. The fraction of sp³-hybridized carbons (Fsp3) is 1.00. The van der Waals surface area contributed by atoms with E-state index >= 15 is 0 Å². The van der Waals surface area contributed by atoms with Crippen LogP contribution in [0.2, 0.25) is 0 Å². The molecule has 1 unspecified atom stereocenters. The van der Waals surface area contributed by atoms with E-state index in [1.807, 2.05) is 0 Å². The van der Waals surface area contributed by atoms with Gasteiger partial charge in [-0.1, -0.05) is 20.8 Å². The number of rotatable bonds is 0. The maximum absolute atomic E-state index is 5.54. The first-order valence-electron chi connectivity index (χ1n) is 4.22. The Morgan fingerprint density at radius 1 is 1.40 bits per heavy atom. The summed E-state index contributed by atoms with van der Waals surface area (Å²) in [6.45, 7) is 8.05. The van der Waals surface area contributed by atoms with E-state index in [9.17, 15) is 0 Å². The molecule has 0 N–H and O–H groups in total. The van der Waals surface area contributed by atoms with Gasteiger partial charge in [0.15, 0.2) is 0 Å². The molecule has 1 nitrogen and oxygen atoms in total. The molecule has 2 rings (SSSR count). The second kappa shape index (κ2) is 1.58. The van der Waals surface area contributed by atoms with Crippen LogP contribution in [0.25, 0.3) is 0 Å². The Labute approximate surface area is 62.8 Å². The molecule has 0 bridgehead atoms. The second-order valence-corrected chi connectivity index (χ2v) is 4.44. The lowest BCUT2D eigenvalue weighted by Gasteiger charge is -2.28. The van der Waals surface area contributed by atoms with E-state index in [2.05, 4.69) is 20.8 Å². The molecule has 58 valence electrons. The largest absolute Gasteiger partial charge is 0.369 e. The van der Waals surface area contributed by atoms with Gasteiger partial charge in [0.1, 0.15) is 0 Å². The Morgan fingerprint density at radius 3 is 2.20 bits per heavy atom. The van der Waals surface area contributed by atoms with Gasteiger partial charge >= 0.3 is 0 Å². The van der Waals surface area contributed by atoms with Gasteiger partial charge in [0, 0.05) is 0 Å². The molecule has 1 heterocycles. The maximum atomic E-state index is 5.54. The summed E-state index contributed by atoms with van der Waals surface area (Å²) < 4.78 is 5.54. The van der Waals surface area contributed by atoms with Crippen molar-refractivity contribution in [1.29, 1.82) is 0 Å². The van der Waals surface area contributed by atoms with Gasteiger partial charge in [0.25, 0.3) is 0 Å². The third-order valence-electron chi connectivity index (χ3n) is 3.88. The Kier molecular flexibility index (Phi) is 1.05. The molecule has 2 atom stereocenters. The molecular formula is C9H16O. The molecule has 1 saturated carbocycles. The van der Waals surface area contributed by atoms with Crippen LogP contribution < -0.4 is 0 Å². The van der Waals surface area contributed by atoms with Crippen molar-refractivity contribution < 1.29 is 4.74 Å². The Morgan fingerprint density at radius 2 is 2.00 bits per heavy atom. The topological polar surface area (TPSA) is 12.5 Å². The first-order valence-corrected chi connectivity index (χ1v) is 4.22. The van der Waals surface area contributed by atoms with Crippen molar-refractivity contribution in [1.82, 2.24) is 0 Å². The predicted molar refractivity (Wildman–Crippen MR) is 40.9 cm³/mol. The molecule has 0 aromatic carbocycles. The first-order chi connectivity index (χ1) is 4.58. The third-order valence-corrected chi connectivity index (χ3v) is 3.88. The second-order valence-electron chi connectivity index (χ2n) is 4.44. The minimum Gasteiger partial charge on any atom is -0.369 e. The zero-order chi connectivity index (χ0) is 7.41. The van der Waals surface area contributed by atoms with Gasteiger partial charge in [-0.25, -0.2) is 0 Å². The van der Waals surface area contributed by atoms with Crippen molar-refractivity contribution in [3.05, 3.63) is 0 Å². The Hall–Kier alpha value is -0.0400. The smallest absolute Gasteiger partial charge is 0.0969 e. The van der Waals surface area contributed by atoms with E-state index in [0.717, 1.165) is 12.5 Å². The zero-order valence-corrected chi connectivity index (χ0v) is 7.11. The van der Waals surface area contributed by atoms with Crippen LogP contribution in [-0.2, 0) is 4.74 Å². The molecule has 2 fully saturated rings. The van der Waals surface area contributed by atoms with Crippen LogP contribution in [0.3, 0.4) is 0 Å². The van der Waals surface area contributed by atoms with E-state index in [-0.39, 0.29) is 0 Å². The molecule has 1 aliphatic heterocycles. The van der Waals surface area contributed by atoms with E-state index in [1.54, 1.807) is 0 Å². The average molecular weight is 140 g/mol. The standard InChI is InChI=1S/C9H16O/c1-7-4-5-9(6-10-9)8(7,2)3/h7H,4-6H2,1-3H3/t7?,9-/m1/s1. The molecular weight excluding hydrogens is 124 g/mol. The molecule has 1 heteroatoms. The van der Waals surface area contributed by atoms with E-state index < -0.39 is 0 Å². The van der Waals surface area contributed by atoms with Crippen molar-refractivity contribution in [3.63, 3.8) is 0 Å². The molecule has 0 radical (unpaired) electrons. The summed E-state index contributed by atoms with van der Waals surface area (Å²) in [5.74, 6) is 0.843. The Balaban J connectivity index is 2.26. The highest BCUT2D eigenvalue weighted by Gasteiger charge is 2.61. The van der Waals surface area contributed by atoms with E-state index in [1.165, 1.54) is 12.8 Å². The maximum Gasteiger partial charge on any atom is 0.0969 e. The van der Waals surface area contributed by atoms with E-state index in [0.29, 0.717) is 11.0 Å². The highest BCUT2D eigenvalue weighted by atomic mass is 16.6. The molecule has 1 saturated heterocycles. The average Bonchev–Trinajstić information content (AvgIpc) is 2.59. The number of hydrogen-bond donors (Lipinski definition) is 0. The summed E-state index contributed by atoms with van der Waals surface area (Å²) in [6, 6.07) is 0. The normalized spacial score (nSPS) is 50.1. The molecule has 10 heavy (non-hydrogen) atoms. The van der Waals surface area contributed by atoms with E-state index in [4.69, 9.17) is 4.74 Å². The lowest BCUT2D eigenvalue weighted by Crippen LogP contribution is -2.30. The van der Waals surface area contributed by atoms with Crippen LogP contribution in [0, 0.1) is 11.3 Å². The minimum absolute atomic E-state index is 0.312. The Bertz CT molecular complexity index is 156. The molecule has 2 aliphatic rings. The molecule has 1 aliphatic carbocycles. The highest BCUT2D eigenvalue weighted by molar-refractivity contribution is 5.10. The van der Waals surface area contributed by atoms with Crippen LogP contribution in [0.15, 0.2) is 0 Å². The van der Waals surface area contributed by atoms with Crippen molar-refractivity contribution in [2.24, 2.45) is 11.3 Å². The minimum atomic E-state index is 0.312. The lowest BCUT2D eigenvalue weighted by atomic mass is 9.76. The summed E-state index contributed by atoms with van der Waals surface area (Å²) in [7, 11) is 0. The fourth-order valence-electron chi connectivity index (χ4n) is 2.19. The molecule has 0 amide bonds. The summed E-state index contributed by atoms with van der Waals surface area (Å²) in [6.07, 6.45) is 2.65. The van der Waals surface area contributed by atoms with Gasteiger partial charge in [-0.3, -0.25) is 0 Å². The monoisotopic (exact) mass is 140 g/mol. The highest BCUT2D eigenvalue weighted by Crippen LogP contribution is 2.58. The van der Waals surface area contributed by atoms with Gasteiger partial charge in [-0.2, -0.15) is 0 Å². The quantitative estimate of drug-likeness (QED) is 0.470. The molecule has 0 aromatic heterocycles. The van der Waals surface area contributed by atoms with Crippen LogP contribution in [0.1, 0.15) is 33.6 Å². The predicted octanol–water partition coefficient (Wildman–Crippen LogP) is 2.21. The van der Waals surface area contributed by atoms with Crippen molar-refractivity contribution in [3.8, 4) is 0 Å². The SMILES string of the molecule is CC1CC[C@@]2(CO2)C1(C)C. The van der Waals surface area contributed by atoms with Gasteiger partial charge < -0.3 is 4.74 Å². The third kappa shape index (κ3) is 0.572. The zero-order valence-electron chi connectivity index (χ0n) is 7.11. The first kappa shape index (κ1) is 6.66. The van der Waals surface area contributed by atoms with Gasteiger partial charge in [-0.15, -0.1) is 0 Å². The van der Waals surface area contributed by atoms with Crippen LogP contribution in [0.5, 0.6) is 0 Å². The van der Waals surface area contributed by atoms with Crippen molar-refractivity contribution in [2.75, 3.05) is 6.61 Å². The van der Waals surface area contributed by atoms with Crippen LogP contribution >= 0.6 is 0 Å². The summed E-state index contributed by atoms with van der Waals surface area (Å²) in [4.78, 5) is 0. The van der Waals surface area contributed by atoms with Gasteiger partial charge in [0.05, 0.1) is 12.2 Å². The number of ether oxygens (including phenoxy) is 1. The van der Waals surface area contributed by atoms with Crippen molar-refractivity contribution in [2.45, 2.75) is 39.2 Å². The molecule has 1 spiro atoms. The summed E-state index contributed by atoms with van der Waals surface area (Å²) in [5.41, 5.74) is 0.749. The summed E-state index contributed by atoms with van der Waals surface area (Å²) >= 11 is 0. The van der Waals surface area contributed by atoms with Gasteiger partial charge in [-0.05, 0) is 24.2 Å².